The minimum Gasteiger partial charge on any atom is -0.430 e. The van der Waals surface area contributed by atoms with Crippen LogP contribution in [0.1, 0.15) is 76.0 Å². The van der Waals surface area contributed by atoms with Crippen LogP contribution in [0.15, 0.2) is 40.1 Å². The first kappa shape index (κ1) is 27.6. The molecule has 0 spiro atoms. The predicted octanol–water partition coefficient (Wildman–Crippen LogP) is 5.94. The summed E-state index contributed by atoms with van der Waals surface area (Å²) in [5.74, 6) is 2.14. The number of fused-ring (bicyclic) bond motifs is 1. The zero-order chi connectivity index (χ0) is 26.5. The van der Waals surface area contributed by atoms with Gasteiger partial charge in [0, 0.05) is 50.4 Å². The molecule has 2 aromatic heterocycles. The van der Waals surface area contributed by atoms with Crippen molar-refractivity contribution in [1.82, 2.24) is 19.8 Å². The van der Waals surface area contributed by atoms with Gasteiger partial charge in [-0.2, -0.15) is 4.98 Å². The molecule has 1 aliphatic heterocycles. The monoisotopic (exact) mass is 523 g/mol. The molecule has 200 valence electrons. The highest BCUT2D eigenvalue weighted by molar-refractivity contribution is 7.99. The van der Waals surface area contributed by atoms with Crippen molar-refractivity contribution in [2.45, 2.75) is 64.5 Å². The maximum absolute atomic E-state index is 13.1. The molecule has 1 amide bonds. The Hall–Kier alpha value is -2.42. The first-order valence-corrected chi connectivity index (χ1v) is 14.5. The Kier molecular flexibility index (Phi) is 9.27. The number of hydrogen-bond acceptors (Lipinski definition) is 7. The van der Waals surface area contributed by atoms with Crippen molar-refractivity contribution >= 4 is 34.6 Å². The topological polar surface area (TPSA) is 74.5 Å². The van der Waals surface area contributed by atoms with Crippen LogP contribution in [-0.2, 0) is 4.79 Å². The second-order valence-corrected chi connectivity index (χ2v) is 11.9. The van der Waals surface area contributed by atoms with Gasteiger partial charge < -0.3 is 9.73 Å². The van der Waals surface area contributed by atoms with E-state index in [1.165, 1.54) is 16.7 Å². The molecule has 4 rings (SSSR count). The number of nitrogens with one attached hydrogen (secondary N) is 1. The number of amides is 1. The molecule has 1 fully saturated rings. The Labute approximate surface area is 225 Å². The summed E-state index contributed by atoms with van der Waals surface area (Å²) in [5.41, 5.74) is 6.22. The third-order valence-corrected chi connectivity index (χ3v) is 7.82. The highest BCUT2D eigenvalue weighted by Crippen LogP contribution is 2.36. The summed E-state index contributed by atoms with van der Waals surface area (Å²) < 4.78 is 5.75. The fraction of sp³-hybridized carbons (Fsp3) is 0.552. The van der Waals surface area contributed by atoms with E-state index in [1.807, 2.05) is 12.1 Å². The zero-order valence-corrected chi connectivity index (χ0v) is 23.9. The van der Waals surface area contributed by atoms with Crippen molar-refractivity contribution in [1.29, 1.82) is 0 Å². The number of pyridine rings is 1. The standard InChI is InChI=1S/C29H41N5O2S/c1-19(2)22-16-23(20(3)4)27(24(17-22)21(5)6)31-26(35)18-34-12-10-33(11-13-34)14-15-37-29-32-28-25(36-29)8-7-9-30-28/h7-9,16-17,19-21H,10-15,18H2,1-6H3,(H,31,35). The van der Waals surface area contributed by atoms with Crippen LogP contribution in [0.25, 0.3) is 11.2 Å². The SMILES string of the molecule is CC(C)c1cc(C(C)C)c(NC(=O)CN2CCN(CCSc3nc4ncccc4o3)CC2)c(C(C)C)c1. The fourth-order valence-corrected chi connectivity index (χ4v) is 5.55. The van der Waals surface area contributed by atoms with E-state index in [2.05, 4.69) is 78.8 Å². The molecule has 1 aliphatic rings. The first-order valence-electron chi connectivity index (χ1n) is 13.5. The van der Waals surface area contributed by atoms with Gasteiger partial charge in [0.1, 0.15) is 0 Å². The lowest BCUT2D eigenvalue weighted by Gasteiger charge is -2.34. The summed E-state index contributed by atoms with van der Waals surface area (Å²) in [4.78, 5) is 26.5. The largest absolute Gasteiger partial charge is 0.430 e. The third-order valence-electron chi connectivity index (χ3n) is 7.01. The van der Waals surface area contributed by atoms with Crippen molar-refractivity contribution in [3.63, 3.8) is 0 Å². The smallest absolute Gasteiger partial charge is 0.258 e. The average Bonchev–Trinajstić information content (AvgIpc) is 3.27. The maximum atomic E-state index is 13.1. The number of carbonyl (C=O) groups excluding carboxylic acids is 1. The van der Waals surface area contributed by atoms with Crippen molar-refractivity contribution in [2.75, 3.05) is 50.3 Å². The molecule has 0 atom stereocenters. The van der Waals surface area contributed by atoms with E-state index in [9.17, 15) is 4.79 Å². The molecule has 0 radical (unpaired) electrons. The van der Waals surface area contributed by atoms with Crippen LogP contribution in [0.3, 0.4) is 0 Å². The zero-order valence-electron chi connectivity index (χ0n) is 23.1. The van der Waals surface area contributed by atoms with Gasteiger partial charge in [0.2, 0.25) is 5.91 Å². The summed E-state index contributed by atoms with van der Waals surface area (Å²) in [6.45, 7) is 18.4. The predicted molar refractivity (Wildman–Crippen MR) is 153 cm³/mol. The molecule has 1 N–H and O–H groups in total. The number of aromatic nitrogens is 2. The van der Waals surface area contributed by atoms with Gasteiger partial charge in [-0.25, -0.2) is 4.98 Å². The summed E-state index contributed by atoms with van der Waals surface area (Å²) in [5, 5.41) is 3.98. The van der Waals surface area contributed by atoms with Crippen molar-refractivity contribution in [3.8, 4) is 0 Å². The number of hydrogen-bond donors (Lipinski definition) is 1. The van der Waals surface area contributed by atoms with Crippen LogP contribution in [0.4, 0.5) is 5.69 Å². The lowest BCUT2D eigenvalue weighted by Crippen LogP contribution is -2.49. The number of thioether (sulfide) groups is 1. The van der Waals surface area contributed by atoms with E-state index >= 15 is 0 Å². The number of oxazole rings is 1. The van der Waals surface area contributed by atoms with E-state index in [0.29, 0.717) is 35.2 Å². The molecule has 0 saturated carbocycles. The van der Waals surface area contributed by atoms with Gasteiger partial charge in [-0.15, -0.1) is 0 Å². The molecule has 0 bridgehead atoms. The van der Waals surface area contributed by atoms with Gasteiger partial charge >= 0.3 is 0 Å². The van der Waals surface area contributed by atoms with E-state index in [-0.39, 0.29) is 5.91 Å². The molecule has 1 aromatic carbocycles. The summed E-state index contributed by atoms with van der Waals surface area (Å²) >= 11 is 1.63. The summed E-state index contributed by atoms with van der Waals surface area (Å²) in [6, 6.07) is 8.31. The molecule has 1 saturated heterocycles. The van der Waals surface area contributed by atoms with Gasteiger partial charge in [-0.3, -0.25) is 14.6 Å². The van der Waals surface area contributed by atoms with E-state index in [4.69, 9.17) is 4.42 Å². The molecule has 3 aromatic rings. The van der Waals surface area contributed by atoms with Crippen molar-refractivity contribution in [2.24, 2.45) is 0 Å². The van der Waals surface area contributed by atoms with E-state index in [0.717, 1.165) is 49.7 Å². The molecule has 0 unspecified atom stereocenters. The number of rotatable bonds is 10. The van der Waals surface area contributed by atoms with Gasteiger partial charge in [0.25, 0.3) is 5.22 Å². The van der Waals surface area contributed by atoms with Crippen LogP contribution < -0.4 is 5.32 Å². The van der Waals surface area contributed by atoms with Crippen LogP contribution in [0, 0.1) is 0 Å². The number of carbonyl (C=O) groups is 1. The highest BCUT2D eigenvalue weighted by Gasteiger charge is 2.22. The lowest BCUT2D eigenvalue weighted by atomic mass is 9.87. The second kappa shape index (κ2) is 12.4. The van der Waals surface area contributed by atoms with E-state index < -0.39 is 0 Å². The van der Waals surface area contributed by atoms with Crippen molar-refractivity contribution in [3.05, 3.63) is 47.2 Å². The van der Waals surface area contributed by atoms with Crippen molar-refractivity contribution < 1.29 is 9.21 Å². The van der Waals surface area contributed by atoms with Gasteiger partial charge in [-0.1, -0.05) is 65.4 Å². The fourth-order valence-electron chi connectivity index (χ4n) is 4.73. The Morgan fingerprint density at radius 2 is 1.65 bits per heavy atom. The lowest BCUT2D eigenvalue weighted by molar-refractivity contribution is -0.117. The maximum Gasteiger partial charge on any atom is 0.258 e. The highest BCUT2D eigenvalue weighted by atomic mass is 32.2. The average molecular weight is 524 g/mol. The van der Waals surface area contributed by atoms with Crippen LogP contribution in [0.2, 0.25) is 0 Å². The number of nitrogens with zero attached hydrogens (tertiary/aromatic N) is 4. The Balaban J connectivity index is 1.28. The third kappa shape index (κ3) is 7.12. The normalized spacial score (nSPS) is 15.4. The van der Waals surface area contributed by atoms with Crippen LogP contribution in [0.5, 0.6) is 0 Å². The number of benzene rings is 1. The first-order chi connectivity index (χ1) is 17.7. The molecule has 8 heteroatoms. The summed E-state index contributed by atoms with van der Waals surface area (Å²) in [6.07, 6.45) is 1.73. The van der Waals surface area contributed by atoms with Crippen LogP contribution >= 0.6 is 11.8 Å². The molecule has 7 nitrogen and oxygen atoms in total. The number of anilines is 1. The number of piperazine rings is 1. The quantitative estimate of drug-likeness (QED) is 0.330. The molecular formula is C29H41N5O2S. The van der Waals surface area contributed by atoms with Gasteiger partial charge in [0.05, 0.1) is 6.54 Å². The molecule has 0 aliphatic carbocycles. The molecule has 37 heavy (non-hydrogen) atoms. The summed E-state index contributed by atoms with van der Waals surface area (Å²) in [7, 11) is 0. The Morgan fingerprint density at radius 1 is 1.00 bits per heavy atom. The molecular weight excluding hydrogens is 482 g/mol. The van der Waals surface area contributed by atoms with Crippen LogP contribution in [-0.4, -0.2) is 70.7 Å². The van der Waals surface area contributed by atoms with Gasteiger partial charge in [0.15, 0.2) is 11.2 Å². The molecule has 3 heterocycles. The second-order valence-electron chi connectivity index (χ2n) is 10.9. The Bertz CT molecular complexity index is 1140. The van der Waals surface area contributed by atoms with E-state index in [1.54, 1.807) is 18.0 Å². The van der Waals surface area contributed by atoms with Gasteiger partial charge in [-0.05, 0) is 46.6 Å². The minimum absolute atomic E-state index is 0.0784. The minimum atomic E-state index is 0.0784. The Morgan fingerprint density at radius 3 is 2.24 bits per heavy atom.